The van der Waals surface area contributed by atoms with E-state index in [0.717, 1.165) is 0 Å². The molecule has 0 radical (unpaired) electrons. The summed E-state index contributed by atoms with van der Waals surface area (Å²) >= 11 is 0. The van der Waals surface area contributed by atoms with Crippen LogP contribution in [0.2, 0.25) is 0 Å². The van der Waals surface area contributed by atoms with E-state index in [4.69, 9.17) is 9.47 Å². The van der Waals surface area contributed by atoms with Crippen molar-refractivity contribution in [2.75, 3.05) is 38.7 Å². The number of hydrogen-bond donors (Lipinski definition) is 2. The zero-order valence-electron chi connectivity index (χ0n) is 12.7. The normalized spacial score (nSPS) is 24.3. The molecule has 2 unspecified atom stereocenters. The number of morpholine rings is 1. The minimum atomic E-state index is -3.48. The lowest BCUT2D eigenvalue weighted by atomic mass is 10.2. The molecule has 0 saturated carbocycles. The topological polar surface area (TPSA) is 97.0 Å². The lowest BCUT2D eigenvalue weighted by Crippen LogP contribution is -2.56. The van der Waals surface area contributed by atoms with Crippen molar-refractivity contribution in [1.29, 1.82) is 0 Å². The van der Waals surface area contributed by atoms with Gasteiger partial charge in [-0.3, -0.25) is 0 Å². The van der Waals surface area contributed by atoms with Gasteiger partial charge in [-0.2, -0.15) is 0 Å². The summed E-state index contributed by atoms with van der Waals surface area (Å²) in [7, 11) is -2.13. The number of ether oxygens (including phenoxy) is 2. The van der Waals surface area contributed by atoms with Crippen LogP contribution in [-0.4, -0.2) is 64.9 Å². The van der Waals surface area contributed by atoms with Crippen LogP contribution in [0.4, 0.5) is 10.5 Å². The smallest absolute Gasteiger partial charge is 0.322 e. The molecule has 2 saturated heterocycles. The fraction of sp³-hybridized carbons (Fsp3) is 0.500. The Morgan fingerprint density at radius 3 is 2.35 bits per heavy atom. The molecule has 126 valence electrons. The maximum atomic E-state index is 12.3. The van der Waals surface area contributed by atoms with E-state index in [9.17, 15) is 13.2 Å². The van der Waals surface area contributed by atoms with Crippen molar-refractivity contribution in [2.45, 2.75) is 17.1 Å². The molecule has 3 rings (SSSR count). The molecule has 1 aromatic carbocycles. The number of anilines is 1. The molecule has 1 aromatic rings. The quantitative estimate of drug-likeness (QED) is 0.820. The molecular weight excluding hydrogens is 322 g/mol. The molecular formula is C14H19N3O5S. The standard InChI is InChI=1S/C14H19N3O5S/c1-15-23(19,20)13-4-2-10(3-5-13)16-14(18)17-6-11-8-21-9-12(7-17)22-11/h2-5,11-12,15H,6-9H2,1H3,(H,16,18). The summed E-state index contributed by atoms with van der Waals surface area (Å²) in [6, 6.07) is 5.79. The highest BCUT2D eigenvalue weighted by Gasteiger charge is 2.34. The summed E-state index contributed by atoms with van der Waals surface area (Å²) in [5.41, 5.74) is 0.540. The molecule has 2 heterocycles. The monoisotopic (exact) mass is 341 g/mol. The zero-order chi connectivity index (χ0) is 16.4. The first-order chi connectivity index (χ1) is 11.0. The molecule has 2 aliphatic rings. The predicted octanol–water partition coefficient (Wildman–Crippen LogP) is 0.226. The van der Waals surface area contributed by atoms with Crippen LogP contribution >= 0.6 is 0 Å². The highest BCUT2D eigenvalue weighted by Crippen LogP contribution is 2.19. The minimum Gasteiger partial charge on any atom is -0.376 e. The van der Waals surface area contributed by atoms with Crippen LogP contribution in [-0.2, 0) is 19.5 Å². The van der Waals surface area contributed by atoms with Crippen molar-refractivity contribution in [3.8, 4) is 0 Å². The second-order valence-corrected chi connectivity index (χ2v) is 7.37. The van der Waals surface area contributed by atoms with Crippen LogP contribution < -0.4 is 10.0 Å². The number of nitrogens with zero attached hydrogens (tertiary/aromatic N) is 1. The first-order valence-corrected chi connectivity index (χ1v) is 8.79. The van der Waals surface area contributed by atoms with Gasteiger partial charge in [0.05, 0.1) is 43.4 Å². The van der Waals surface area contributed by atoms with Crippen molar-refractivity contribution >= 4 is 21.7 Å². The fourth-order valence-electron chi connectivity index (χ4n) is 2.64. The second-order valence-electron chi connectivity index (χ2n) is 5.48. The van der Waals surface area contributed by atoms with E-state index in [0.29, 0.717) is 32.0 Å². The molecule has 0 aromatic heterocycles. The van der Waals surface area contributed by atoms with Crippen LogP contribution in [0, 0.1) is 0 Å². The molecule has 23 heavy (non-hydrogen) atoms. The van der Waals surface area contributed by atoms with Crippen LogP contribution in [0.3, 0.4) is 0 Å². The number of sulfonamides is 1. The number of hydrogen-bond acceptors (Lipinski definition) is 5. The molecule has 2 bridgehead atoms. The fourth-order valence-corrected chi connectivity index (χ4v) is 3.37. The van der Waals surface area contributed by atoms with E-state index in [1.54, 1.807) is 17.0 Å². The van der Waals surface area contributed by atoms with Gasteiger partial charge in [0.1, 0.15) is 0 Å². The number of urea groups is 1. The van der Waals surface area contributed by atoms with E-state index in [-0.39, 0.29) is 23.1 Å². The summed E-state index contributed by atoms with van der Waals surface area (Å²) in [4.78, 5) is 14.2. The Morgan fingerprint density at radius 1 is 1.17 bits per heavy atom. The molecule has 2 aliphatic heterocycles. The number of carbonyl (C=O) groups excluding carboxylic acids is 1. The Balaban J connectivity index is 1.64. The average Bonchev–Trinajstić information content (AvgIpc) is 2.55. The number of carbonyl (C=O) groups is 1. The van der Waals surface area contributed by atoms with Crippen molar-refractivity contribution in [1.82, 2.24) is 9.62 Å². The van der Waals surface area contributed by atoms with Gasteiger partial charge in [-0.25, -0.2) is 17.9 Å². The third kappa shape index (κ3) is 3.63. The SMILES string of the molecule is CNS(=O)(=O)c1ccc(NC(=O)N2CC3COCC(C2)O3)cc1. The second kappa shape index (κ2) is 6.44. The van der Waals surface area contributed by atoms with E-state index in [1.807, 2.05) is 0 Å². The van der Waals surface area contributed by atoms with Crippen LogP contribution in [0.5, 0.6) is 0 Å². The van der Waals surface area contributed by atoms with Gasteiger partial charge in [-0.1, -0.05) is 0 Å². The summed E-state index contributed by atoms with van der Waals surface area (Å²) in [6.07, 6.45) is -0.173. The summed E-state index contributed by atoms with van der Waals surface area (Å²) in [5, 5.41) is 2.77. The van der Waals surface area contributed by atoms with Gasteiger partial charge >= 0.3 is 6.03 Å². The van der Waals surface area contributed by atoms with Gasteiger partial charge in [-0.15, -0.1) is 0 Å². The Labute approximate surface area is 134 Å². The number of fused-ring (bicyclic) bond motifs is 2. The van der Waals surface area contributed by atoms with Crippen molar-refractivity contribution in [2.24, 2.45) is 0 Å². The molecule has 0 spiro atoms. The maximum absolute atomic E-state index is 12.3. The number of benzene rings is 1. The summed E-state index contributed by atoms with van der Waals surface area (Å²) < 4.78 is 36.7. The van der Waals surface area contributed by atoms with Crippen molar-refractivity contribution in [3.05, 3.63) is 24.3 Å². The van der Waals surface area contributed by atoms with Gasteiger partial charge in [-0.05, 0) is 31.3 Å². The molecule has 2 atom stereocenters. The molecule has 8 nitrogen and oxygen atoms in total. The van der Waals surface area contributed by atoms with Gasteiger partial charge in [0, 0.05) is 5.69 Å². The largest absolute Gasteiger partial charge is 0.376 e. The van der Waals surface area contributed by atoms with Gasteiger partial charge < -0.3 is 19.7 Å². The maximum Gasteiger partial charge on any atom is 0.322 e. The minimum absolute atomic E-state index is 0.0867. The van der Waals surface area contributed by atoms with Crippen molar-refractivity contribution < 1.29 is 22.7 Å². The first kappa shape index (κ1) is 16.2. The molecule has 9 heteroatoms. The lowest BCUT2D eigenvalue weighted by molar-refractivity contribution is -0.170. The van der Waals surface area contributed by atoms with Gasteiger partial charge in [0.25, 0.3) is 0 Å². The Bertz CT molecular complexity index is 664. The number of nitrogens with one attached hydrogen (secondary N) is 2. The number of amides is 2. The van der Waals surface area contributed by atoms with E-state index < -0.39 is 10.0 Å². The average molecular weight is 341 g/mol. The molecule has 0 aliphatic carbocycles. The third-order valence-electron chi connectivity index (χ3n) is 3.81. The zero-order valence-corrected chi connectivity index (χ0v) is 13.5. The predicted molar refractivity (Wildman–Crippen MR) is 82.8 cm³/mol. The van der Waals surface area contributed by atoms with Crippen LogP contribution in [0.1, 0.15) is 0 Å². The first-order valence-electron chi connectivity index (χ1n) is 7.30. The molecule has 2 amide bonds. The molecule has 2 N–H and O–H groups in total. The Hall–Kier alpha value is -1.68. The van der Waals surface area contributed by atoms with Gasteiger partial charge in [0.2, 0.25) is 10.0 Å². The van der Waals surface area contributed by atoms with Crippen LogP contribution in [0.15, 0.2) is 29.2 Å². The van der Waals surface area contributed by atoms with Crippen molar-refractivity contribution in [3.63, 3.8) is 0 Å². The number of rotatable bonds is 3. The van der Waals surface area contributed by atoms with E-state index in [1.165, 1.54) is 19.2 Å². The molecule has 2 fully saturated rings. The van der Waals surface area contributed by atoms with E-state index in [2.05, 4.69) is 10.0 Å². The third-order valence-corrected chi connectivity index (χ3v) is 5.24. The highest BCUT2D eigenvalue weighted by atomic mass is 32.2. The highest BCUT2D eigenvalue weighted by molar-refractivity contribution is 7.89. The lowest BCUT2D eigenvalue weighted by Gasteiger charge is -2.41. The van der Waals surface area contributed by atoms with E-state index >= 15 is 0 Å². The summed E-state index contributed by atoms with van der Waals surface area (Å²) in [5.74, 6) is 0. The Morgan fingerprint density at radius 2 is 1.78 bits per heavy atom. The summed E-state index contributed by atoms with van der Waals surface area (Å²) in [6.45, 7) is 1.96. The van der Waals surface area contributed by atoms with Gasteiger partial charge in [0.15, 0.2) is 0 Å². The van der Waals surface area contributed by atoms with Crippen LogP contribution in [0.25, 0.3) is 0 Å². The Kier molecular flexibility index (Phi) is 4.53.